The average Bonchev–Trinajstić information content (AvgIpc) is 2.68. The number of carbonyl (C=O) groups excluding carboxylic acids is 1. The molecule has 1 saturated heterocycles. The highest BCUT2D eigenvalue weighted by Crippen LogP contribution is 2.19. The summed E-state index contributed by atoms with van der Waals surface area (Å²) in [5.41, 5.74) is 1.87. The summed E-state index contributed by atoms with van der Waals surface area (Å²) in [5, 5.41) is 3.00. The molecule has 1 unspecified atom stereocenters. The molecule has 0 spiro atoms. The standard InChI is InChI=1S/C22H30FN5O/c1-15(2)22-24-16(3)13-20(26-22)28-11-9-27(10-12-28)14-21(29)25-17(4)18-5-7-19(23)8-6-18/h5-8,13,15,17H,9-12,14H2,1-4H3,(H,25,29). The topological polar surface area (TPSA) is 61.4 Å². The lowest BCUT2D eigenvalue weighted by Crippen LogP contribution is -2.50. The Morgan fingerprint density at radius 2 is 1.76 bits per heavy atom. The van der Waals surface area contributed by atoms with Crippen LogP contribution in [0, 0.1) is 12.7 Å². The van der Waals surface area contributed by atoms with Gasteiger partial charge in [0.15, 0.2) is 0 Å². The van der Waals surface area contributed by atoms with Gasteiger partial charge in [0.1, 0.15) is 17.5 Å². The Bertz CT molecular complexity index is 832. The number of nitrogens with zero attached hydrogens (tertiary/aromatic N) is 4. The molecule has 2 heterocycles. The molecule has 0 aliphatic carbocycles. The van der Waals surface area contributed by atoms with Gasteiger partial charge in [0.05, 0.1) is 12.6 Å². The van der Waals surface area contributed by atoms with E-state index < -0.39 is 0 Å². The molecule has 1 amide bonds. The van der Waals surface area contributed by atoms with Crippen molar-refractivity contribution in [1.29, 1.82) is 0 Å². The molecular weight excluding hydrogens is 369 g/mol. The van der Waals surface area contributed by atoms with Crippen LogP contribution in [0.3, 0.4) is 0 Å². The van der Waals surface area contributed by atoms with Crippen LogP contribution in [0.15, 0.2) is 30.3 Å². The van der Waals surface area contributed by atoms with E-state index in [1.54, 1.807) is 12.1 Å². The zero-order chi connectivity index (χ0) is 21.0. The van der Waals surface area contributed by atoms with Crippen LogP contribution in [0.4, 0.5) is 10.2 Å². The lowest BCUT2D eigenvalue weighted by Gasteiger charge is -2.35. The van der Waals surface area contributed by atoms with Crippen molar-refractivity contribution in [3.8, 4) is 0 Å². The molecular formula is C22H30FN5O. The molecule has 1 fully saturated rings. The summed E-state index contributed by atoms with van der Waals surface area (Å²) < 4.78 is 13.1. The first kappa shape index (κ1) is 21.2. The summed E-state index contributed by atoms with van der Waals surface area (Å²) in [7, 11) is 0. The molecule has 7 heteroatoms. The van der Waals surface area contributed by atoms with E-state index in [9.17, 15) is 9.18 Å². The Labute approximate surface area is 172 Å². The second-order valence-electron chi connectivity index (χ2n) is 7.98. The summed E-state index contributed by atoms with van der Waals surface area (Å²) in [6.07, 6.45) is 0. The number of nitrogens with one attached hydrogen (secondary N) is 1. The Kier molecular flexibility index (Phi) is 6.79. The largest absolute Gasteiger partial charge is 0.354 e. The van der Waals surface area contributed by atoms with E-state index in [4.69, 9.17) is 4.98 Å². The number of aromatic nitrogens is 2. The van der Waals surface area contributed by atoms with Crippen molar-refractivity contribution in [2.75, 3.05) is 37.6 Å². The minimum atomic E-state index is -0.274. The number of halogens is 1. The molecule has 1 aliphatic heterocycles. The smallest absolute Gasteiger partial charge is 0.234 e. The maximum atomic E-state index is 13.1. The molecule has 1 N–H and O–H groups in total. The van der Waals surface area contributed by atoms with E-state index in [1.165, 1.54) is 12.1 Å². The highest BCUT2D eigenvalue weighted by Gasteiger charge is 2.21. The number of piperazine rings is 1. The molecule has 3 rings (SSSR count). The van der Waals surface area contributed by atoms with E-state index in [-0.39, 0.29) is 17.8 Å². The number of anilines is 1. The van der Waals surface area contributed by atoms with Crippen molar-refractivity contribution >= 4 is 11.7 Å². The zero-order valence-corrected chi connectivity index (χ0v) is 17.7. The lowest BCUT2D eigenvalue weighted by atomic mass is 10.1. The van der Waals surface area contributed by atoms with E-state index in [0.29, 0.717) is 12.5 Å². The van der Waals surface area contributed by atoms with Crippen LogP contribution in [0.1, 0.15) is 49.8 Å². The molecule has 156 valence electrons. The average molecular weight is 400 g/mol. The summed E-state index contributed by atoms with van der Waals surface area (Å²) in [6, 6.07) is 8.11. The fourth-order valence-corrected chi connectivity index (χ4v) is 3.45. The maximum Gasteiger partial charge on any atom is 0.234 e. The van der Waals surface area contributed by atoms with Gasteiger partial charge < -0.3 is 10.2 Å². The normalized spacial score (nSPS) is 16.1. The number of rotatable bonds is 6. The van der Waals surface area contributed by atoms with Gasteiger partial charge in [-0.05, 0) is 31.5 Å². The Morgan fingerprint density at radius 3 is 2.38 bits per heavy atom. The van der Waals surface area contributed by atoms with Crippen LogP contribution in [-0.4, -0.2) is 53.5 Å². The van der Waals surface area contributed by atoms with Gasteiger partial charge in [-0.2, -0.15) is 0 Å². The molecule has 1 aliphatic rings. The zero-order valence-electron chi connectivity index (χ0n) is 17.7. The van der Waals surface area contributed by atoms with Gasteiger partial charge in [0, 0.05) is 43.9 Å². The van der Waals surface area contributed by atoms with E-state index in [0.717, 1.165) is 49.1 Å². The maximum absolute atomic E-state index is 13.1. The van der Waals surface area contributed by atoms with E-state index >= 15 is 0 Å². The van der Waals surface area contributed by atoms with Gasteiger partial charge in [0.25, 0.3) is 0 Å². The summed E-state index contributed by atoms with van der Waals surface area (Å²) in [5.74, 6) is 1.84. The number of aryl methyl sites for hydroxylation is 1. The van der Waals surface area contributed by atoms with Crippen molar-refractivity contribution in [3.05, 3.63) is 53.2 Å². The number of carbonyl (C=O) groups is 1. The third-order valence-corrected chi connectivity index (χ3v) is 5.19. The quantitative estimate of drug-likeness (QED) is 0.809. The van der Waals surface area contributed by atoms with E-state index in [2.05, 4.69) is 33.9 Å². The van der Waals surface area contributed by atoms with Gasteiger partial charge >= 0.3 is 0 Å². The van der Waals surface area contributed by atoms with Crippen LogP contribution in [0.5, 0.6) is 0 Å². The van der Waals surface area contributed by atoms with Gasteiger partial charge in [-0.3, -0.25) is 9.69 Å². The van der Waals surface area contributed by atoms with Gasteiger partial charge in [0.2, 0.25) is 5.91 Å². The highest BCUT2D eigenvalue weighted by atomic mass is 19.1. The Hall–Kier alpha value is -2.54. The predicted octanol–water partition coefficient (Wildman–Crippen LogP) is 3.05. The first-order valence-corrected chi connectivity index (χ1v) is 10.2. The van der Waals surface area contributed by atoms with Crippen molar-refractivity contribution in [2.45, 2.75) is 39.7 Å². The first-order chi connectivity index (χ1) is 13.8. The second-order valence-corrected chi connectivity index (χ2v) is 7.98. The van der Waals surface area contributed by atoms with Crippen LogP contribution < -0.4 is 10.2 Å². The van der Waals surface area contributed by atoms with Gasteiger partial charge in [-0.25, -0.2) is 14.4 Å². The van der Waals surface area contributed by atoms with Crippen molar-refractivity contribution in [2.24, 2.45) is 0 Å². The minimum Gasteiger partial charge on any atom is -0.354 e. The minimum absolute atomic E-state index is 0.0183. The molecule has 1 aromatic carbocycles. The molecule has 1 atom stereocenters. The Balaban J connectivity index is 1.50. The third-order valence-electron chi connectivity index (χ3n) is 5.19. The molecule has 2 aromatic rings. The Morgan fingerprint density at radius 1 is 1.10 bits per heavy atom. The monoisotopic (exact) mass is 399 g/mol. The fourth-order valence-electron chi connectivity index (χ4n) is 3.45. The summed E-state index contributed by atoms with van der Waals surface area (Å²) >= 11 is 0. The number of amides is 1. The highest BCUT2D eigenvalue weighted by molar-refractivity contribution is 5.78. The molecule has 0 saturated carbocycles. The number of benzene rings is 1. The van der Waals surface area contributed by atoms with Crippen molar-refractivity contribution < 1.29 is 9.18 Å². The van der Waals surface area contributed by atoms with E-state index in [1.807, 2.05) is 19.9 Å². The molecule has 1 aromatic heterocycles. The van der Waals surface area contributed by atoms with Crippen molar-refractivity contribution in [3.63, 3.8) is 0 Å². The second kappa shape index (κ2) is 9.31. The fraction of sp³-hybridized carbons (Fsp3) is 0.500. The van der Waals surface area contributed by atoms with Crippen LogP contribution >= 0.6 is 0 Å². The molecule has 0 bridgehead atoms. The number of hydrogen-bond donors (Lipinski definition) is 1. The SMILES string of the molecule is Cc1cc(N2CCN(CC(=O)NC(C)c3ccc(F)cc3)CC2)nc(C(C)C)n1. The predicted molar refractivity (Wildman–Crippen MR) is 112 cm³/mol. The number of hydrogen-bond acceptors (Lipinski definition) is 5. The lowest BCUT2D eigenvalue weighted by molar-refractivity contribution is -0.123. The molecule has 0 radical (unpaired) electrons. The summed E-state index contributed by atoms with van der Waals surface area (Å²) in [4.78, 5) is 26.1. The van der Waals surface area contributed by atoms with Crippen LogP contribution in [0.25, 0.3) is 0 Å². The molecule has 29 heavy (non-hydrogen) atoms. The van der Waals surface area contributed by atoms with Crippen LogP contribution in [-0.2, 0) is 4.79 Å². The van der Waals surface area contributed by atoms with Gasteiger partial charge in [-0.1, -0.05) is 26.0 Å². The van der Waals surface area contributed by atoms with Gasteiger partial charge in [-0.15, -0.1) is 0 Å². The van der Waals surface area contributed by atoms with Crippen LogP contribution in [0.2, 0.25) is 0 Å². The summed E-state index contributed by atoms with van der Waals surface area (Å²) in [6.45, 7) is 11.7. The first-order valence-electron chi connectivity index (χ1n) is 10.2. The molecule has 6 nitrogen and oxygen atoms in total. The third kappa shape index (κ3) is 5.73. The van der Waals surface area contributed by atoms with Crippen molar-refractivity contribution in [1.82, 2.24) is 20.2 Å².